The highest BCUT2D eigenvalue weighted by Gasteiger charge is 2.17. The molecule has 0 amide bonds. The van der Waals surface area contributed by atoms with E-state index in [1.165, 1.54) is 29.1 Å². The summed E-state index contributed by atoms with van der Waals surface area (Å²) >= 11 is 0. The first-order valence-corrected chi connectivity index (χ1v) is 8.98. The van der Waals surface area contributed by atoms with E-state index in [-0.39, 0.29) is 5.76 Å². The molecule has 0 radical (unpaired) electrons. The maximum Gasteiger partial charge on any atom is 0.143 e. The molecule has 1 aromatic carbocycles. The van der Waals surface area contributed by atoms with E-state index in [9.17, 15) is 0 Å². The van der Waals surface area contributed by atoms with Crippen LogP contribution in [0.15, 0.2) is 66.5 Å². The molecule has 0 saturated heterocycles. The Bertz CT molecular complexity index is 868. The third kappa shape index (κ3) is 4.46. The van der Waals surface area contributed by atoms with Crippen molar-refractivity contribution in [3.63, 3.8) is 0 Å². The molecule has 4 nitrogen and oxygen atoms in total. The number of para-hydroxylation sites is 1. The molecule has 0 unspecified atom stereocenters. The number of hydrogen-bond acceptors (Lipinski definition) is 3. The highest BCUT2D eigenvalue weighted by molar-refractivity contribution is 5.89. The predicted molar refractivity (Wildman–Crippen MR) is 108 cm³/mol. The van der Waals surface area contributed by atoms with E-state index >= 15 is 0 Å². The third-order valence-corrected chi connectivity index (χ3v) is 4.29. The summed E-state index contributed by atoms with van der Waals surface area (Å²) in [5.74, 6) is 1.11. The van der Waals surface area contributed by atoms with Gasteiger partial charge in [-0.3, -0.25) is 0 Å². The summed E-state index contributed by atoms with van der Waals surface area (Å²) in [6, 6.07) is 6.33. The summed E-state index contributed by atoms with van der Waals surface area (Å²) in [5.41, 5.74) is 5.07. The standard InChI is InChI=1S/C19H20N2O.C3H6O/c1-2-4-7-14(6-3-1)13-22-18-9-5-8-16-15-10-11-20-12-17(15)21-19(16)18;1-3(2)4/h1,3-9,20-21H,2,10-13H2;4H,1H2,2H3. The maximum atomic E-state index is 7.86. The molecule has 2 aromatic rings. The van der Waals surface area contributed by atoms with Crippen LogP contribution in [0.5, 0.6) is 5.75 Å². The van der Waals surface area contributed by atoms with Gasteiger partial charge in [0.25, 0.3) is 0 Å². The van der Waals surface area contributed by atoms with Crippen LogP contribution in [0.1, 0.15) is 24.6 Å². The number of fused-ring (bicyclic) bond motifs is 3. The number of hydrogen-bond donors (Lipinski definition) is 3. The summed E-state index contributed by atoms with van der Waals surface area (Å²) in [4.78, 5) is 3.55. The first kappa shape index (κ1) is 18.1. The SMILES string of the molecule is C1=CCC=CC(COc2cccc3c4c([nH]c23)CNCC4)=C1.C=C(C)O. The Morgan fingerprint density at radius 2 is 2.15 bits per heavy atom. The maximum absolute atomic E-state index is 7.86. The largest absolute Gasteiger partial charge is 0.513 e. The van der Waals surface area contributed by atoms with Crippen LogP contribution in [0.3, 0.4) is 0 Å². The molecule has 1 aliphatic carbocycles. The minimum atomic E-state index is 0.167. The zero-order valence-electron chi connectivity index (χ0n) is 15.2. The van der Waals surface area contributed by atoms with Crippen LogP contribution < -0.4 is 10.1 Å². The Morgan fingerprint density at radius 1 is 1.31 bits per heavy atom. The van der Waals surface area contributed by atoms with E-state index in [0.717, 1.165) is 37.2 Å². The van der Waals surface area contributed by atoms with Crippen molar-refractivity contribution in [2.45, 2.75) is 26.3 Å². The molecule has 2 aliphatic rings. The van der Waals surface area contributed by atoms with Crippen LogP contribution in [-0.4, -0.2) is 23.2 Å². The van der Waals surface area contributed by atoms with Gasteiger partial charge in [0, 0.05) is 17.6 Å². The lowest BCUT2D eigenvalue weighted by molar-refractivity contribution is 0.359. The van der Waals surface area contributed by atoms with E-state index in [1.807, 2.05) is 0 Å². The van der Waals surface area contributed by atoms with Gasteiger partial charge in [-0.2, -0.15) is 0 Å². The summed E-state index contributed by atoms with van der Waals surface area (Å²) in [7, 11) is 0. The molecule has 136 valence electrons. The van der Waals surface area contributed by atoms with Crippen molar-refractivity contribution in [3.8, 4) is 5.75 Å². The van der Waals surface area contributed by atoms with Crippen molar-refractivity contribution in [2.75, 3.05) is 13.2 Å². The van der Waals surface area contributed by atoms with Crippen molar-refractivity contribution < 1.29 is 9.84 Å². The molecule has 0 bridgehead atoms. The van der Waals surface area contributed by atoms with Gasteiger partial charge in [0.2, 0.25) is 0 Å². The number of aliphatic hydroxyl groups excluding tert-OH is 1. The van der Waals surface area contributed by atoms with Crippen LogP contribution in [0.2, 0.25) is 0 Å². The molecule has 0 atom stereocenters. The van der Waals surface area contributed by atoms with Gasteiger partial charge >= 0.3 is 0 Å². The highest BCUT2D eigenvalue weighted by Crippen LogP contribution is 2.31. The fourth-order valence-corrected chi connectivity index (χ4v) is 3.16. The number of aliphatic hydroxyl groups is 1. The normalized spacial score (nSPS) is 15.5. The van der Waals surface area contributed by atoms with E-state index < -0.39 is 0 Å². The zero-order chi connectivity index (χ0) is 18.4. The fraction of sp³-hybridized carbons (Fsp3) is 0.273. The average molecular weight is 350 g/mol. The van der Waals surface area contributed by atoms with Crippen molar-refractivity contribution in [2.24, 2.45) is 0 Å². The number of aromatic nitrogens is 1. The Labute approximate surface area is 154 Å². The topological polar surface area (TPSA) is 57.3 Å². The van der Waals surface area contributed by atoms with Crippen LogP contribution >= 0.6 is 0 Å². The lowest BCUT2D eigenvalue weighted by Gasteiger charge is -2.12. The molecule has 0 spiro atoms. The number of rotatable bonds is 3. The van der Waals surface area contributed by atoms with Crippen molar-refractivity contribution in [1.82, 2.24) is 10.3 Å². The van der Waals surface area contributed by atoms with Crippen LogP contribution in [0.25, 0.3) is 10.9 Å². The zero-order valence-corrected chi connectivity index (χ0v) is 15.2. The summed E-state index contributed by atoms with van der Waals surface area (Å²) in [6.45, 7) is 7.21. The van der Waals surface area contributed by atoms with Crippen molar-refractivity contribution >= 4 is 10.9 Å². The van der Waals surface area contributed by atoms with Gasteiger partial charge in [-0.1, -0.05) is 49.1 Å². The Morgan fingerprint density at radius 3 is 3.00 bits per heavy atom. The van der Waals surface area contributed by atoms with Crippen LogP contribution in [0, 0.1) is 0 Å². The molecular weight excluding hydrogens is 324 g/mol. The Kier molecular flexibility index (Phi) is 5.97. The van der Waals surface area contributed by atoms with Gasteiger partial charge in [0.1, 0.15) is 12.4 Å². The lowest BCUT2D eigenvalue weighted by atomic mass is 10.0. The molecule has 26 heavy (non-hydrogen) atoms. The quantitative estimate of drug-likeness (QED) is 0.703. The molecule has 4 rings (SSSR count). The first-order valence-electron chi connectivity index (χ1n) is 8.98. The monoisotopic (exact) mass is 350 g/mol. The summed E-state index contributed by atoms with van der Waals surface area (Å²) in [6.07, 6.45) is 12.7. The van der Waals surface area contributed by atoms with Gasteiger partial charge in [0.15, 0.2) is 0 Å². The average Bonchev–Trinajstić information content (AvgIpc) is 2.81. The molecule has 1 aromatic heterocycles. The lowest BCUT2D eigenvalue weighted by Crippen LogP contribution is -2.22. The molecule has 3 N–H and O–H groups in total. The van der Waals surface area contributed by atoms with E-state index in [2.05, 4.69) is 65.5 Å². The minimum Gasteiger partial charge on any atom is -0.513 e. The second-order valence-corrected chi connectivity index (χ2v) is 6.52. The minimum absolute atomic E-state index is 0.167. The van der Waals surface area contributed by atoms with Crippen molar-refractivity contribution in [1.29, 1.82) is 0 Å². The number of aromatic amines is 1. The van der Waals surface area contributed by atoms with E-state index in [0.29, 0.717) is 6.61 Å². The number of nitrogens with one attached hydrogen (secondary N) is 2. The number of H-pyrrole nitrogens is 1. The van der Waals surface area contributed by atoms with Gasteiger partial charge < -0.3 is 20.1 Å². The predicted octanol–water partition coefficient (Wildman–Crippen LogP) is 4.71. The first-order chi connectivity index (χ1) is 12.6. The second kappa shape index (κ2) is 8.59. The smallest absolute Gasteiger partial charge is 0.143 e. The van der Waals surface area contributed by atoms with E-state index in [1.54, 1.807) is 0 Å². The van der Waals surface area contributed by atoms with Gasteiger partial charge in [-0.25, -0.2) is 0 Å². The molecule has 4 heteroatoms. The van der Waals surface area contributed by atoms with Gasteiger partial charge in [-0.15, -0.1) is 0 Å². The van der Waals surface area contributed by atoms with E-state index in [4.69, 9.17) is 9.84 Å². The van der Waals surface area contributed by atoms with Crippen LogP contribution in [0.4, 0.5) is 0 Å². The number of allylic oxidation sites excluding steroid dienone is 5. The third-order valence-electron chi connectivity index (χ3n) is 4.29. The molecule has 0 fully saturated rings. The Balaban J connectivity index is 0.000000447. The number of ether oxygens (including phenoxy) is 1. The summed E-state index contributed by atoms with van der Waals surface area (Å²) in [5, 5.41) is 12.6. The molecular formula is C22H26N2O2. The van der Waals surface area contributed by atoms with Crippen molar-refractivity contribution in [3.05, 3.63) is 77.7 Å². The fourth-order valence-electron chi connectivity index (χ4n) is 3.16. The summed E-state index contributed by atoms with van der Waals surface area (Å²) < 4.78 is 6.09. The van der Waals surface area contributed by atoms with Gasteiger partial charge in [-0.05, 0) is 43.5 Å². The Hall–Kier alpha value is -2.72. The second-order valence-electron chi connectivity index (χ2n) is 6.52. The highest BCUT2D eigenvalue weighted by atomic mass is 16.5. The molecule has 1 aliphatic heterocycles. The molecule has 0 saturated carbocycles. The molecule has 2 heterocycles. The van der Waals surface area contributed by atoms with Gasteiger partial charge in [0.05, 0.1) is 11.3 Å². The number of benzene rings is 1. The van der Waals surface area contributed by atoms with Crippen LogP contribution in [-0.2, 0) is 13.0 Å².